The Hall–Kier alpha value is -0.590. The Morgan fingerprint density at radius 3 is 2.67 bits per heavy atom. The number of hydrogen-bond donors (Lipinski definition) is 2. The molecule has 0 spiro atoms. The Bertz CT molecular complexity index is 446. The van der Waals surface area contributed by atoms with E-state index in [4.69, 9.17) is 5.73 Å². The van der Waals surface area contributed by atoms with Gasteiger partial charge in [0.05, 0.1) is 0 Å². The van der Waals surface area contributed by atoms with Crippen LogP contribution in [0.1, 0.15) is 19.8 Å². The number of hydrogen-bond acceptors (Lipinski definition) is 4. The second-order valence-corrected chi connectivity index (χ2v) is 6.95. The topological polar surface area (TPSA) is 72.2 Å². The maximum atomic E-state index is 11.8. The fourth-order valence-corrected chi connectivity index (χ4v) is 4.11. The smallest absolute Gasteiger partial charge is 0.250 e. The van der Waals surface area contributed by atoms with Gasteiger partial charge in [-0.2, -0.15) is 0 Å². The Morgan fingerprint density at radius 2 is 2.20 bits per heavy atom. The van der Waals surface area contributed by atoms with Crippen LogP contribution in [0.25, 0.3) is 0 Å². The number of anilines is 1. The van der Waals surface area contributed by atoms with Crippen molar-refractivity contribution in [2.24, 2.45) is 5.92 Å². The van der Waals surface area contributed by atoms with Crippen LogP contribution in [0.2, 0.25) is 0 Å². The molecular formula is C9H14N2O2S2. The molecule has 0 aromatic carbocycles. The summed E-state index contributed by atoms with van der Waals surface area (Å²) < 4.78 is 26.6. The first-order valence-corrected chi connectivity index (χ1v) is 7.20. The van der Waals surface area contributed by atoms with Gasteiger partial charge in [0.15, 0.2) is 0 Å². The van der Waals surface area contributed by atoms with E-state index in [1.54, 1.807) is 5.38 Å². The van der Waals surface area contributed by atoms with Gasteiger partial charge in [-0.25, -0.2) is 13.1 Å². The van der Waals surface area contributed by atoms with Crippen LogP contribution >= 0.6 is 11.3 Å². The normalized spacial score (nSPS) is 26.2. The van der Waals surface area contributed by atoms with Crippen molar-refractivity contribution in [1.82, 2.24) is 4.72 Å². The van der Waals surface area contributed by atoms with E-state index in [2.05, 4.69) is 11.6 Å². The number of nitrogen functional groups attached to an aromatic ring is 1. The highest BCUT2D eigenvalue weighted by Crippen LogP contribution is 2.29. The molecule has 6 heteroatoms. The van der Waals surface area contributed by atoms with Crippen LogP contribution in [0, 0.1) is 5.92 Å². The van der Waals surface area contributed by atoms with Gasteiger partial charge < -0.3 is 5.73 Å². The Kier molecular flexibility index (Phi) is 2.74. The first-order chi connectivity index (χ1) is 6.97. The van der Waals surface area contributed by atoms with Gasteiger partial charge in [0.1, 0.15) is 4.21 Å². The molecule has 0 radical (unpaired) electrons. The maximum absolute atomic E-state index is 11.8. The van der Waals surface area contributed by atoms with Gasteiger partial charge in [-0.1, -0.05) is 6.92 Å². The molecule has 1 fully saturated rings. The van der Waals surface area contributed by atoms with E-state index in [1.807, 2.05) is 0 Å². The molecule has 3 N–H and O–H groups in total. The monoisotopic (exact) mass is 246 g/mol. The lowest BCUT2D eigenvalue weighted by molar-refractivity contribution is 0.270. The van der Waals surface area contributed by atoms with Gasteiger partial charge in [0.25, 0.3) is 0 Å². The minimum Gasteiger partial charge on any atom is -0.398 e. The maximum Gasteiger partial charge on any atom is 0.250 e. The molecule has 0 saturated heterocycles. The van der Waals surface area contributed by atoms with E-state index in [1.165, 1.54) is 6.07 Å². The third-order valence-electron chi connectivity index (χ3n) is 2.56. The molecule has 0 bridgehead atoms. The Morgan fingerprint density at radius 1 is 1.53 bits per heavy atom. The van der Waals surface area contributed by atoms with Gasteiger partial charge in [0.2, 0.25) is 10.0 Å². The molecular weight excluding hydrogens is 232 g/mol. The largest absolute Gasteiger partial charge is 0.398 e. The quantitative estimate of drug-likeness (QED) is 0.847. The second kappa shape index (κ2) is 3.77. The fourth-order valence-electron chi connectivity index (χ4n) is 1.75. The van der Waals surface area contributed by atoms with Crippen molar-refractivity contribution in [3.05, 3.63) is 11.4 Å². The minimum atomic E-state index is -3.33. The molecule has 4 nitrogen and oxygen atoms in total. The van der Waals surface area contributed by atoms with Crippen LogP contribution in [0.4, 0.5) is 5.69 Å². The summed E-state index contributed by atoms with van der Waals surface area (Å²) in [6, 6.07) is 1.60. The summed E-state index contributed by atoms with van der Waals surface area (Å²) in [6.07, 6.45) is 1.86. The molecule has 84 valence electrons. The average Bonchev–Trinajstić information content (AvgIpc) is 2.49. The molecule has 1 aliphatic carbocycles. The number of sulfonamides is 1. The van der Waals surface area contributed by atoms with Crippen molar-refractivity contribution in [2.75, 3.05) is 5.73 Å². The SMILES string of the molecule is CC1CC(NS(=O)(=O)c2cc(N)cs2)C1. The van der Waals surface area contributed by atoms with Crippen LogP contribution in [-0.4, -0.2) is 14.5 Å². The van der Waals surface area contributed by atoms with E-state index in [0.717, 1.165) is 24.2 Å². The number of nitrogens with two attached hydrogens (primary N) is 1. The summed E-state index contributed by atoms with van der Waals surface area (Å²) in [5, 5.41) is 1.64. The average molecular weight is 246 g/mol. The molecule has 0 atom stereocenters. The first-order valence-electron chi connectivity index (χ1n) is 4.84. The predicted molar refractivity (Wildman–Crippen MR) is 61.2 cm³/mol. The van der Waals surface area contributed by atoms with Crippen LogP contribution in [0.3, 0.4) is 0 Å². The van der Waals surface area contributed by atoms with Gasteiger partial charge in [-0.15, -0.1) is 11.3 Å². The summed E-state index contributed by atoms with van der Waals surface area (Å²) in [5.41, 5.74) is 6.00. The summed E-state index contributed by atoms with van der Waals surface area (Å²) in [6.45, 7) is 2.12. The lowest BCUT2D eigenvalue weighted by Crippen LogP contribution is -2.43. The fraction of sp³-hybridized carbons (Fsp3) is 0.556. The molecule has 15 heavy (non-hydrogen) atoms. The van der Waals surface area contributed by atoms with Crippen molar-refractivity contribution in [2.45, 2.75) is 30.0 Å². The van der Waals surface area contributed by atoms with Crippen molar-refractivity contribution in [3.8, 4) is 0 Å². The van der Waals surface area contributed by atoms with E-state index in [0.29, 0.717) is 15.8 Å². The third kappa shape index (κ3) is 2.32. The molecule has 1 aromatic rings. The number of nitrogens with one attached hydrogen (secondary N) is 1. The highest BCUT2D eigenvalue weighted by atomic mass is 32.2. The van der Waals surface area contributed by atoms with Crippen molar-refractivity contribution in [1.29, 1.82) is 0 Å². The van der Waals surface area contributed by atoms with E-state index in [-0.39, 0.29) is 6.04 Å². The molecule has 1 aromatic heterocycles. The molecule has 1 heterocycles. The first kappa shape index (κ1) is 10.9. The lowest BCUT2D eigenvalue weighted by atomic mass is 9.83. The highest BCUT2D eigenvalue weighted by molar-refractivity contribution is 7.91. The number of thiophene rings is 1. The van der Waals surface area contributed by atoms with Crippen LogP contribution in [0.15, 0.2) is 15.7 Å². The molecule has 0 aliphatic heterocycles. The Balaban J connectivity index is 2.07. The molecule has 1 saturated carbocycles. The van der Waals surface area contributed by atoms with Crippen LogP contribution < -0.4 is 10.5 Å². The zero-order valence-corrected chi connectivity index (χ0v) is 10.1. The predicted octanol–water partition coefficient (Wildman–Crippen LogP) is 1.41. The summed E-state index contributed by atoms with van der Waals surface area (Å²) in [5.74, 6) is 0.631. The summed E-state index contributed by atoms with van der Waals surface area (Å²) in [4.78, 5) is 0. The van der Waals surface area contributed by atoms with Crippen LogP contribution in [-0.2, 0) is 10.0 Å². The third-order valence-corrected chi connectivity index (χ3v) is 5.53. The van der Waals surface area contributed by atoms with Crippen molar-refractivity contribution < 1.29 is 8.42 Å². The Labute approximate surface area is 93.5 Å². The highest BCUT2D eigenvalue weighted by Gasteiger charge is 2.30. The zero-order valence-electron chi connectivity index (χ0n) is 8.43. The standard InChI is InChI=1S/C9H14N2O2S2/c1-6-2-8(3-6)11-15(12,13)9-4-7(10)5-14-9/h4-6,8,11H,2-3,10H2,1H3. The van der Waals surface area contributed by atoms with Crippen molar-refractivity contribution >= 4 is 27.0 Å². The van der Waals surface area contributed by atoms with Gasteiger partial charge in [-0.05, 0) is 24.8 Å². The van der Waals surface area contributed by atoms with Gasteiger partial charge in [0, 0.05) is 17.1 Å². The molecule has 2 rings (SSSR count). The van der Waals surface area contributed by atoms with Gasteiger partial charge >= 0.3 is 0 Å². The summed E-state index contributed by atoms with van der Waals surface area (Å²) in [7, 11) is -3.33. The van der Waals surface area contributed by atoms with E-state index >= 15 is 0 Å². The van der Waals surface area contributed by atoms with Crippen molar-refractivity contribution in [3.63, 3.8) is 0 Å². The van der Waals surface area contributed by atoms with E-state index < -0.39 is 10.0 Å². The van der Waals surface area contributed by atoms with Gasteiger partial charge in [-0.3, -0.25) is 0 Å². The lowest BCUT2D eigenvalue weighted by Gasteiger charge is -2.32. The molecule has 0 amide bonds. The second-order valence-electron chi connectivity index (χ2n) is 4.09. The zero-order chi connectivity index (χ0) is 11.1. The van der Waals surface area contributed by atoms with Crippen LogP contribution in [0.5, 0.6) is 0 Å². The molecule has 0 unspecified atom stereocenters. The number of rotatable bonds is 3. The minimum absolute atomic E-state index is 0.105. The summed E-state index contributed by atoms with van der Waals surface area (Å²) >= 11 is 1.16. The molecule has 1 aliphatic rings. The van der Waals surface area contributed by atoms with E-state index in [9.17, 15) is 8.42 Å².